The number of methoxy groups -OCH3 is 1. The van der Waals surface area contributed by atoms with Crippen LogP contribution >= 0.6 is 0 Å². The topological polar surface area (TPSA) is 86.4 Å². The zero-order valence-corrected chi connectivity index (χ0v) is 14.5. The van der Waals surface area contributed by atoms with Crippen LogP contribution in [0.4, 0.5) is 22.7 Å². The van der Waals surface area contributed by atoms with Crippen LogP contribution in [0.1, 0.15) is 5.56 Å². The highest BCUT2D eigenvalue weighted by Gasteiger charge is 2.09. The van der Waals surface area contributed by atoms with E-state index in [0.29, 0.717) is 11.4 Å². The van der Waals surface area contributed by atoms with Gasteiger partial charge in [-0.25, -0.2) is 0 Å². The molecular formula is C20H19N3O3. The number of phenols is 2. The number of aromatic hydroxyl groups is 2. The van der Waals surface area contributed by atoms with E-state index < -0.39 is 0 Å². The molecular weight excluding hydrogens is 330 g/mol. The van der Waals surface area contributed by atoms with E-state index in [1.165, 1.54) is 12.1 Å². The SMILES string of the molecule is COc1ccc(N=Nc2cc(O)c(Nc3ccc(C)cc3)cc2O)cc1. The fourth-order valence-corrected chi connectivity index (χ4v) is 2.30. The van der Waals surface area contributed by atoms with E-state index >= 15 is 0 Å². The Labute approximate surface area is 151 Å². The molecule has 26 heavy (non-hydrogen) atoms. The second-order valence-electron chi connectivity index (χ2n) is 5.75. The third-order valence-electron chi connectivity index (χ3n) is 3.77. The largest absolute Gasteiger partial charge is 0.506 e. The minimum Gasteiger partial charge on any atom is -0.506 e. The van der Waals surface area contributed by atoms with Gasteiger partial charge >= 0.3 is 0 Å². The van der Waals surface area contributed by atoms with Gasteiger partial charge in [-0.05, 0) is 43.3 Å². The molecule has 132 valence electrons. The van der Waals surface area contributed by atoms with Crippen molar-refractivity contribution < 1.29 is 14.9 Å². The van der Waals surface area contributed by atoms with Gasteiger partial charge in [0.1, 0.15) is 22.9 Å². The molecule has 0 atom stereocenters. The minimum atomic E-state index is -0.0883. The Bertz CT molecular complexity index is 920. The Morgan fingerprint density at radius 3 is 2.19 bits per heavy atom. The number of benzene rings is 3. The summed E-state index contributed by atoms with van der Waals surface area (Å²) in [5, 5.41) is 31.5. The number of ether oxygens (including phenoxy) is 1. The van der Waals surface area contributed by atoms with E-state index in [2.05, 4.69) is 15.5 Å². The Morgan fingerprint density at radius 1 is 0.846 bits per heavy atom. The van der Waals surface area contributed by atoms with Crippen molar-refractivity contribution in [1.82, 2.24) is 0 Å². The number of hydrogen-bond acceptors (Lipinski definition) is 6. The summed E-state index contributed by atoms with van der Waals surface area (Å²) < 4.78 is 5.08. The van der Waals surface area contributed by atoms with Crippen LogP contribution in [-0.4, -0.2) is 17.3 Å². The van der Waals surface area contributed by atoms with Crippen molar-refractivity contribution in [3.63, 3.8) is 0 Å². The zero-order valence-electron chi connectivity index (χ0n) is 14.5. The van der Waals surface area contributed by atoms with Crippen LogP contribution in [0.2, 0.25) is 0 Å². The molecule has 0 unspecified atom stereocenters. The van der Waals surface area contributed by atoms with Gasteiger partial charge < -0.3 is 20.3 Å². The fourth-order valence-electron chi connectivity index (χ4n) is 2.30. The number of anilines is 2. The molecule has 3 aromatic rings. The lowest BCUT2D eigenvalue weighted by Gasteiger charge is -2.10. The van der Waals surface area contributed by atoms with Crippen LogP contribution in [0.25, 0.3) is 0 Å². The molecule has 0 aliphatic rings. The van der Waals surface area contributed by atoms with E-state index in [9.17, 15) is 10.2 Å². The average molecular weight is 349 g/mol. The summed E-state index contributed by atoms with van der Waals surface area (Å²) in [6.07, 6.45) is 0. The van der Waals surface area contributed by atoms with E-state index in [1.54, 1.807) is 31.4 Å². The van der Waals surface area contributed by atoms with Gasteiger partial charge in [0.05, 0.1) is 18.5 Å². The predicted molar refractivity (Wildman–Crippen MR) is 101 cm³/mol. The molecule has 0 fully saturated rings. The maximum atomic E-state index is 10.2. The lowest BCUT2D eigenvalue weighted by Crippen LogP contribution is -1.90. The number of azo groups is 1. The third kappa shape index (κ3) is 4.10. The Morgan fingerprint density at radius 2 is 1.54 bits per heavy atom. The molecule has 0 aromatic heterocycles. The first-order valence-corrected chi connectivity index (χ1v) is 8.00. The van der Waals surface area contributed by atoms with Gasteiger partial charge in [0.2, 0.25) is 0 Å². The predicted octanol–water partition coefficient (Wildman–Crippen LogP) is 5.57. The van der Waals surface area contributed by atoms with Crippen LogP contribution in [0.5, 0.6) is 17.2 Å². The smallest absolute Gasteiger partial charge is 0.145 e. The molecule has 6 nitrogen and oxygen atoms in total. The van der Waals surface area contributed by atoms with E-state index in [4.69, 9.17) is 4.74 Å². The van der Waals surface area contributed by atoms with Crippen molar-refractivity contribution in [1.29, 1.82) is 0 Å². The molecule has 0 bridgehead atoms. The molecule has 3 aromatic carbocycles. The molecule has 3 rings (SSSR count). The summed E-state index contributed by atoms with van der Waals surface area (Å²) in [5.74, 6) is 0.595. The quantitative estimate of drug-likeness (QED) is 0.319. The Kier molecular flexibility index (Phi) is 5.03. The van der Waals surface area contributed by atoms with E-state index in [0.717, 1.165) is 17.0 Å². The fraction of sp³-hybridized carbons (Fsp3) is 0.100. The van der Waals surface area contributed by atoms with Crippen molar-refractivity contribution >= 4 is 22.7 Å². The molecule has 0 saturated carbocycles. The number of phenolic OH excluding ortho intramolecular Hbond substituents is 2. The van der Waals surface area contributed by atoms with Crippen LogP contribution in [0.15, 0.2) is 70.9 Å². The lowest BCUT2D eigenvalue weighted by atomic mass is 10.2. The standard InChI is InChI=1S/C20H19N3O3/c1-13-3-5-14(6-4-13)21-17-11-20(25)18(12-19(17)24)23-22-15-7-9-16(26-2)10-8-15/h3-12,21,24-25H,1-2H3. The molecule has 0 aliphatic heterocycles. The molecule has 3 N–H and O–H groups in total. The van der Waals surface area contributed by atoms with Gasteiger partial charge in [0, 0.05) is 17.8 Å². The molecule has 6 heteroatoms. The summed E-state index contributed by atoms with van der Waals surface area (Å²) >= 11 is 0. The van der Waals surface area contributed by atoms with Gasteiger partial charge in [-0.3, -0.25) is 0 Å². The second kappa shape index (κ2) is 7.57. The summed E-state index contributed by atoms with van der Waals surface area (Å²) in [4.78, 5) is 0. The monoisotopic (exact) mass is 349 g/mol. The lowest BCUT2D eigenvalue weighted by molar-refractivity contribution is 0.415. The summed E-state index contributed by atoms with van der Waals surface area (Å²) in [5.41, 5.74) is 3.10. The second-order valence-corrected chi connectivity index (χ2v) is 5.75. The molecule has 0 spiro atoms. The maximum absolute atomic E-state index is 10.2. The average Bonchev–Trinajstić information content (AvgIpc) is 2.65. The third-order valence-corrected chi connectivity index (χ3v) is 3.77. The Hall–Kier alpha value is -3.54. The van der Waals surface area contributed by atoms with Gasteiger partial charge in [-0.1, -0.05) is 17.7 Å². The number of hydrogen-bond donors (Lipinski definition) is 3. The summed E-state index contributed by atoms with van der Waals surface area (Å²) in [7, 11) is 1.59. The first-order valence-electron chi connectivity index (χ1n) is 8.00. The maximum Gasteiger partial charge on any atom is 0.145 e. The number of rotatable bonds is 5. The van der Waals surface area contributed by atoms with Gasteiger partial charge in [-0.2, -0.15) is 5.11 Å². The van der Waals surface area contributed by atoms with Crippen LogP contribution in [0.3, 0.4) is 0 Å². The normalized spacial score (nSPS) is 10.8. The highest BCUT2D eigenvalue weighted by Crippen LogP contribution is 2.38. The van der Waals surface area contributed by atoms with Crippen molar-refractivity contribution in [2.24, 2.45) is 10.2 Å². The van der Waals surface area contributed by atoms with Crippen LogP contribution < -0.4 is 10.1 Å². The molecule has 0 aliphatic carbocycles. The first-order chi connectivity index (χ1) is 12.5. The minimum absolute atomic E-state index is 0.0351. The van der Waals surface area contributed by atoms with Crippen molar-refractivity contribution in [3.05, 3.63) is 66.2 Å². The number of nitrogens with zero attached hydrogens (tertiary/aromatic N) is 2. The molecule has 0 heterocycles. The first kappa shape index (κ1) is 17.3. The van der Waals surface area contributed by atoms with Gasteiger partial charge in [-0.15, -0.1) is 5.11 Å². The van der Waals surface area contributed by atoms with Gasteiger partial charge in [0.25, 0.3) is 0 Å². The van der Waals surface area contributed by atoms with Crippen LogP contribution in [0, 0.1) is 6.92 Å². The van der Waals surface area contributed by atoms with Crippen molar-refractivity contribution in [2.45, 2.75) is 6.92 Å². The van der Waals surface area contributed by atoms with E-state index in [-0.39, 0.29) is 17.2 Å². The number of nitrogens with one attached hydrogen (secondary N) is 1. The van der Waals surface area contributed by atoms with Gasteiger partial charge in [0.15, 0.2) is 0 Å². The summed E-state index contributed by atoms with van der Waals surface area (Å²) in [6, 6.07) is 17.5. The highest BCUT2D eigenvalue weighted by atomic mass is 16.5. The highest BCUT2D eigenvalue weighted by molar-refractivity contribution is 5.72. The van der Waals surface area contributed by atoms with Crippen LogP contribution in [-0.2, 0) is 0 Å². The zero-order chi connectivity index (χ0) is 18.5. The molecule has 0 radical (unpaired) electrons. The molecule has 0 amide bonds. The van der Waals surface area contributed by atoms with Crippen molar-refractivity contribution in [2.75, 3.05) is 12.4 Å². The molecule has 0 saturated heterocycles. The van der Waals surface area contributed by atoms with Crippen molar-refractivity contribution in [3.8, 4) is 17.2 Å². The summed E-state index contributed by atoms with van der Waals surface area (Å²) in [6.45, 7) is 2.00. The van der Waals surface area contributed by atoms with E-state index in [1.807, 2.05) is 31.2 Å². The Balaban J connectivity index is 1.79. The number of aryl methyl sites for hydroxylation is 1.